The Labute approximate surface area is 146 Å². The molecule has 1 aromatic carbocycles. The molecule has 2 N–H and O–H groups in total. The summed E-state index contributed by atoms with van der Waals surface area (Å²) in [5.74, 6) is -1.66. The fourth-order valence-corrected chi connectivity index (χ4v) is 3.41. The zero-order valence-corrected chi connectivity index (χ0v) is 14.2. The smallest absolute Gasteiger partial charge is 0.223 e. The lowest BCUT2D eigenvalue weighted by molar-refractivity contribution is -0.128. The van der Waals surface area contributed by atoms with Gasteiger partial charge in [-0.25, -0.2) is 8.78 Å². The highest BCUT2D eigenvalue weighted by Crippen LogP contribution is 2.27. The number of halogens is 3. The third kappa shape index (κ3) is 4.43. The van der Waals surface area contributed by atoms with Crippen molar-refractivity contribution in [3.63, 3.8) is 0 Å². The first-order valence-corrected chi connectivity index (χ1v) is 8.19. The van der Waals surface area contributed by atoms with Gasteiger partial charge in [0.2, 0.25) is 5.91 Å². The molecule has 0 aromatic heterocycles. The minimum atomic E-state index is -0.842. The van der Waals surface area contributed by atoms with Gasteiger partial charge in [-0.15, -0.1) is 12.4 Å². The van der Waals surface area contributed by atoms with E-state index >= 15 is 0 Å². The van der Waals surface area contributed by atoms with Crippen LogP contribution in [0.25, 0.3) is 0 Å². The number of piperidine rings is 1. The Bertz CT molecular complexity index is 568. The number of hydrogen-bond donors (Lipinski definition) is 2. The molecule has 0 saturated carbocycles. The van der Waals surface area contributed by atoms with Crippen LogP contribution in [0.1, 0.15) is 30.7 Å². The van der Waals surface area contributed by atoms with Crippen molar-refractivity contribution in [1.29, 1.82) is 0 Å². The number of carbonyl (C=O) groups excluding carboxylic acids is 1. The third-order valence-electron chi connectivity index (χ3n) is 4.77. The largest absolute Gasteiger partial charge is 0.381 e. The minimum absolute atomic E-state index is 0. The van der Waals surface area contributed by atoms with Crippen LogP contribution in [0.5, 0.6) is 0 Å². The molecule has 2 atom stereocenters. The van der Waals surface area contributed by atoms with Crippen molar-refractivity contribution in [1.82, 2.24) is 10.6 Å². The number of rotatable bonds is 3. The Morgan fingerprint density at radius 2 is 1.92 bits per heavy atom. The van der Waals surface area contributed by atoms with E-state index in [9.17, 15) is 13.6 Å². The quantitative estimate of drug-likeness (QED) is 0.870. The Morgan fingerprint density at radius 1 is 1.17 bits per heavy atom. The molecule has 134 valence electrons. The number of amides is 1. The van der Waals surface area contributed by atoms with Crippen molar-refractivity contribution >= 4 is 18.3 Å². The fourth-order valence-electron chi connectivity index (χ4n) is 3.41. The first kappa shape index (κ1) is 19.1. The average Bonchev–Trinajstić information content (AvgIpc) is 2.59. The molecule has 1 aromatic rings. The molecule has 7 heteroatoms. The van der Waals surface area contributed by atoms with Gasteiger partial charge in [0.25, 0.3) is 0 Å². The Kier molecular flexibility index (Phi) is 6.95. The van der Waals surface area contributed by atoms with Crippen LogP contribution in [0, 0.1) is 17.6 Å². The Hall–Kier alpha value is -1.24. The molecule has 3 rings (SSSR count). The predicted molar refractivity (Wildman–Crippen MR) is 89.3 cm³/mol. The van der Waals surface area contributed by atoms with Crippen LogP contribution in [0.15, 0.2) is 18.2 Å². The topological polar surface area (TPSA) is 50.4 Å². The van der Waals surface area contributed by atoms with Gasteiger partial charge >= 0.3 is 0 Å². The second-order valence-corrected chi connectivity index (χ2v) is 6.27. The van der Waals surface area contributed by atoms with Crippen LogP contribution in [-0.4, -0.2) is 38.3 Å². The minimum Gasteiger partial charge on any atom is -0.381 e. The summed E-state index contributed by atoms with van der Waals surface area (Å²) in [5, 5.41) is 6.36. The molecule has 0 radical (unpaired) electrons. The molecular formula is C17H23ClF2N2O2. The van der Waals surface area contributed by atoms with Crippen LogP contribution in [-0.2, 0) is 9.53 Å². The average molecular weight is 361 g/mol. The number of benzene rings is 1. The van der Waals surface area contributed by atoms with Gasteiger partial charge in [-0.3, -0.25) is 4.79 Å². The van der Waals surface area contributed by atoms with Crippen LogP contribution in [0.2, 0.25) is 0 Å². The van der Waals surface area contributed by atoms with E-state index < -0.39 is 11.6 Å². The molecular weight excluding hydrogens is 338 g/mol. The molecule has 2 fully saturated rings. The zero-order chi connectivity index (χ0) is 16.2. The van der Waals surface area contributed by atoms with Gasteiger partial charge in [0, 0.05) is 37.6 Å². The summed E-state index contributed by atoms with van der Waals surface area (Å²) in [6.07, 6.45) is 2.26. The van der Waals surface area contributed by atoms with E-state index in [1.807, 2.05) is 0 Å². The maximum Gasteiger partial charge on any atom is 0.223 e. The van der Waals surface area contributed by atoms with Gasteiger partial charge in [0.1, 0.15) is 0 Å². The number of nitrogens with one attached hydrogen (secondary N) is 2. The van der Waals surface area contributed by atoms with Crippen molar-refractivity contribution in [2.75, 3.05) is 26.3 Å². The van der Waals surface area contributed by atoms with E-state index in [1.165, 1.54) is 6.07 Å². The van der Waals surface area contributed by atoms with E-state index in [4.69, 9.17) is 4.74 Å². The predicted octanol–water partition coefficient (Wildman–Crippen LogP) is 2.37. The third-order valence-corrected chi connectivity index (χ3v) is 4.77. The number of hydrogen-bond acceptors (Lipinski definition) is 3. The molecule has 4 nitrogen and oxygen atoms in total. The molecule has 2 saturated heterocycles. The maximum absolute atomic E-state index is 13.5. The van der Waals surface area contributed by atoms with Gasteiger partial charge in [-0.05, 0) is 43.5 Å². The second-order valence-electron chi connectivity index (χ2n) is 6.27. The summed E-state index contributed by atoms with van der Waals surface area (Å²) in [7, 11) is 0. The summed E-state index contributed by atoms with van der Waals surface area (Å²) in [4.78, 5) is 12.4. The first-order valence-electron chi connectivity index (χ1n) is 8.19. The summed E-state index contributed by atoms with van der Waals surface area (Å²) in [6, 6.07) is 3.91. The highest BCUT2D eigenvalue weighted by Gasteiger charge is 2.31. The first-order chi connectivity index (χ1) is 11.1. The van der Waals surface area contributed by atoms with Gasteiger partial charge in [-0.1, -0.05) is 6.07 Å². The fraction of sp³-hybridized carbons (Fsp3) is 0.588. The molecule has 2 heterocycles. The normalized spacial score (nSPS) is 24.9. The summed E-state index contributed by atoms with van der Waals surface area (Å²) in [5.41, 5.74) is 0.739. The molecule has 2 aliphatic heterocycles. The molecule has 2 unspecified atom stereocenters. The van der Waals surface area contributed by atoms with Crippen molar-refractivity contribution in [2.24, 2.45) is 5.92 Å². The van der Waals surface area contributed by atoms with Crippen molar-refractivity contribution < 1.29 is 18.3 Å². The molecule has 24 heavy (non-hydrogen) atoms. The van der Waals surface area contributed by atoms with Crippen molar-refractivity contribution in [2.45, 2.75) is 31.2 Å². The SMILES string of the molecule is Cl.O=C(NC1CNCCC1c1ccc(F)c(F)c1)C1CCOCC1. The van der Waals surface area contributed by atoms with E-state index in [0.717, 1.165) is 37.4 Å². The molecule has 1 amide bonds. The van der Waals surface area contributed by atoms with Gasteiger partial charge < -0.3 is 15.4 Å². The van der Waals surface area contributed by atoms with Gasteiger partial charge in [0.15, 0.2) is 11.6 Å². The highest BCUT2D eigenvalue weighted by molar-refractivity contribution is 5.85. The Morgan fingerprint density at radius 3 is 2.62 bits per heavy atom. The van der Waals surface area contributed by atoms with Crippen LogP contribution in [0.4, 0.5) is 8.78 Å². The van der Waals surface area contributed by atoms with E-state index in [2.05, 4.69) is 10.6 Å². The van der Waals surface area contributed by atoms with Crippen LogP contribution >= 0.6 is 12.4 Å². The van der Waals surface area contributed by atoms with Crippen LogP contribution < -0.4 is 10.6 Å². The van der Waals surface area contributed by atoms with Crippen molar-refractivity contribution in [3.05, 3.63) is 35.4 Å². The number of ether oxygens (including phenoxy) is 1. The Balaban J connectivity index is 0.00000208. The highest BCUT2D eigenvalue weighted by atomic mass is 35.5. The number of carbonyl (C=O) groups is 1. The lowest BCUT2D eigenvalue weighted by Crippen LogP contribution is -2.51. The lowest BCUT2D eigenvalue weighted by atomic mass is 9.85. The standard InChI is InChI=1S/C17H22F2N2O2.ClH/c18-14-2-1-12(9-15(14)19)13-3-6-20-10-16(13)21-17(22)11-4-7-23-8-5-11;/h1-2,9,11,13,16,20H,3-8,10H2,(H,21,22);1H. The maximum atomic E-state index is 13.5. The second kappa shape index (κ2) is 8.74. The van der Waals surface area contributed by atoms with Crippen molar-refractivity contribution in [3.8, 4) is 0 Å². The van der Waals surface area contributed by atoms with Gasteiger partial charge in [-0.2, -0.15) is 0 Å². The van der Waals surface area contributed by atoms with Crippen LogP contribution in [0.3, 0.4) is 0 Å². The zero-order valence-electron chi connectivity index (χ0n) is 13.4. The van der Waals surface area contributed by atoms with E-state index in [0.29, 0.717) is 19.8 Å². The molecule has 2 aliphatic rings. The molecule has 0 aliphatic carbocycles. The lowest BCUT2D eigenvalue weighted by Gasteiger charge is -2.34. The summed E-state index contributed by atoms with van der Waals surface area (Å²) >= 11 is 0. The van der Waals surface area contributed by atoms with Gasteiger partial charge in [0.05, 0.1) is 0 Å². The molecule has 0 spiro atoms. The summed E-state index contributed by atoms with van der Waals surface area (Å²) in [6.45, 7) is 2.67. The summed E-state index contributed by atoms with van der Waals surface area (Å²) < 4.78 is 32.0. The van der Waals surface area contributed by atoms with E-state index in [-0.39, 0.29) is 36.2 Å². The molecule has 0 bridgehead atoms. The van der Waals surface area contributed by atoms with E-state index in [1.54, 1.807) is 6.07 Å². The monoisotopic (exact) mass is 360 g/mol.